The number of hydrogen-bond donors (Lipinski definition) is 1. The zero-order valence-corrected chi connectivity index (χ0v) is 9.98. The van der Waals surface area contributed by atoms with E-state index in [4.69, 9.17) is 0 Å². The molecule has 0 aliphatic heterocycles. The van der Waals surface area contributed by atoms with E-state index in [9.17, 15) is 0 Å². The van der Waals surface area contributed by atoms with E-state index in [0.717, 1.165) is 12.1 Å². The number of aryl methyl sites for hydroxylation is 1. The van der Waals surface area contributed by atoms with E-state index in [0.29, 0.717) is 6.04 Å². The molecule has 0 saturated heterocycles. The minimum absolute atomic E-state index is 0.592. The number of hydrogen-bond acceptors (Lipinski definition) is 2. The first kappa shape index (κ1) is 11.1. The number of nitrogens with one attached hydrogen (secondary N) is 1. The highest BCUT2D eigenvalue weighted by Gasteiger charge is 2.02. The van der Waals surface area contributed by atoms with E-state index in [2.05, 4.69) is 40.0 Å². The Hall–Kier alpha value is -1.35. The molecule has 86 valence electrons. The molecule has 3 nitrogen and oxygen atoms in total. The van der Waals surface area contributed by atoms with Crippen molar-refractivity contribution in [3.05, 3.63) is 30.6 Å². The van der Waals surface area contributed by atoms with Crippen molar-refractivity contribution < 1.29 is 0 Å². The monoisotopic (exact) mass is 217 g/mol. The molecular weight excluding hydrogens is 198 g/mol. The molecule has 0 saturated carbocycles. The molecule has 0 bridgehead atoms. The second-order valence-corrected chi connectivity index (χ2v) is 4.26. The summed E-state index contributed by atoms with van der Waals surface area (Å²) in [6, 6.07) is 8.88. The average Bonchev–Trinajstić information content (AvgIpc) is 2.73. The summed E-state index contributed by atoms with van der Waals surface area (Å²) in [4.78, 5) is 4.38. The molecule has 1 aromatic carbocycles. The van der Waals surface area contributed by atoms with Crippen molar-refractivity contribution in [2.75, 3.05) is 7.05 Å². The minimum atomic E-state index is 0.592. The van der Waals surface area contributed by atoms with Crippen molar-refractivity contribution in [1.29, 1.82) is 0 Å². The molecule has 1 heterocycles. The first-order chi connectivity index (χ1) is 7.81. The summed E-state index contributed by atoms with van der Waals surface area (Å²) < 4.78 is 2.23. The third kappa shape index (κ3) is 2.42. The van der Waals surface area contributed by atoms with Gasteiger partial charge in [0.15, 0.2) is 0 Å². The van der Waals surface area contributed by atoms with Gasteiger partial charge in [0.25, 0.3) is 0 Å². The first-order valence-electron chi connectivity index (χ1n) is 5.88. The Morgan fingerprint density at radius 2 is 2.19 bits per heavy atom. The van der Waals surface area contributed by atoms with Crippen molar-refractivity contribution in [1.82, 2.24) is 14.9 Å². The molecule has 0 aliphatic rings. The molecule has 0 fully saturated rings. The van der Waals surface area contributed by atoms with E-state index in [1.54, 1.807) is 0 Å². The fourth-order valence-corrected chi connectivity index (χ4v) is 1.90. The molecule has 0 spiro atoms. The maximum Gasteiger partial charge on any atom is 0.0958 e. The van der Waals surface area contributed by atoms with Crippen LogP contribution in [0.2, 0.25) is 0 Å². The summed E-state index contributed by atoms with van der Waals surface area (Å²) in [5.41, 5.74) is 2.32. The second kappa shape index (κ2) is 5.12. The molecule has 16 heavy (non-hydrogen) atoms. The lowest BCUT2D eigenvalue weighted by Gasteiger charge is -2.10. The average molecular weight is 217 g/mol. The van der Waals surface area contributed by atoms with Crippen molar-refractivity contribution in [3.63, 3.8) is 0 Å². The quantitative estimate of drug-likeness (QED) is 0.833. The maximum atomic E-state index is 4.38. The van der Waals surface area contributed by atoms with Crippen LogP contribution in [0.1, 0.15) is 19.8 Å². The standard InChI is InChI=1S/C13H19N3/c1-11(14-2)6-5-9-16-10-15-12-7-3-4-8-13(12)16/h3-4,7-8,10-11,14H,5-6,9H2,1-2H3. The van der Waals surface area contributed by atoms with Crippen LogP contribution in [-0.4, -0.2) is 22.6 Å². The number of para-hydroxylation sites is 2. The van der Waals surface area contributed by atoms with Gasteiger partial charge in [-0.15, -0.1) is 0 Å². The van der Waals surface area contributed by atoms with Crippen LogP contribution in [0.15, 0.2) is 30.6 Å². The van der Waals surface area contributed by atoms with Crippen LogP contribution in [0.3, 0.4) is 0 Å². The Kier molecular flexibility index (Phi) is 3.57. The molecule has 1 aromatic heterocycles. The lowest BCUT2D eigenvalue weighted by Crippen LogP contribution is -2.21. The number of nitrogens with zero attached hydrogens (tertiary/aromatic N) is 2. The fraction of sp³-hybridized carbons (Fsp3) is 0.462. The smallest absolute Gasteiger partial charge is 0.0958 e. The van der Waals surface area contributed by atoms with E-state index >= 15 is 0 Å². The van der Waals surface area contributed by atoms with Gasteiger partial charge >= 0.3 is 0 Å². The summed E-state index contributed by atoms with van der Waals surface area (Å²) in [5, 5.41) is 3.26. The number of fused-ring (bicyclic) bond motifs is 1. The Labute approximate surface area is 96.5 Å². The van der Waals surface area contributed by atoms with Gasteiger partial charge in [0.2, 0.25) is 0 Å². The Morgan fingerprint density at radius 3 is 3.00 bits per heavy atom. The van der Waals surface area contributed by atoms with Gasteiger partial charge in [-0.3, -0.25) is 0 Å². The lowest BCUT2D eigenvalue weighted by molar-refractivity contribution is 0.511. The highest BCUT2D eigenvalue weighted by molar-refractivity contribution is 5.74. The summed E-state index contributed by atoms with van der Waals surface area (Å²) in [7, 11) is 2.01. The number of benzene rings is 1. The molecule has 2 aromatic rings. The molecule has 3 heteroatoms. The molecule has 1 atom stereocenters. The number of imidazole rings is 1. The van der Waals surface area contributed by atoms with E-state index < -0.39 is 0 Å². The van der Waals surface area contributed by atoms with Gasteiger partial charge in [0.05, 0.1) is 17.4 Å². The maximum absolute atomic E-state index is 4.38. The molecule has 0 amide bonds. The SMILES string of the molecule is CNC(C)CCCn1cnc2ccccc21. The van der Waals surface area contributed by atoms with Crippen LogP contribution < -0.4 is 5.32 Å². The normalized spacial score (nSPS) is 13.1. The molecular formula is C13H19N3. The fourth-order valence-electron chi connectivity index (χ4n) is 1.90. The van der Waals surface area contributed by atoms with E-state index in [1.807, 2.05) is 19.4 Å². The Bertz CT molecular complexity index is 447. The predicted molar refractivity (Wildman–Crippen MR) is 67.5 cm³/mol. The van der Waals surface area contributed by atoms with Crippen LogP contribution in [-0.2, 0) is 6.54 Å². The van der Waals surface area contributed by atoms with Gasteiger partial charge in [-0.25, -0.2) is 4.98 Å². The summed E-state index contributed by atoms with van der Waals surface area (Å²) in [6.07, 6.45) is 4.32. The number of aromatic nitrogens is 2. The summed E-state index contributed by atoms with van der Waals surface area (Å²) in [5.74, 6) is 0. The third-order valence-corrected chi connectivity index (χ3v) is 3.06. The van der Waals surface area contributed by atoms with Crippen LogP contribution in [0.4, 0.5) is 0 Å². The van der Waals surface area contributed by atoms with Crippen LogP contribution in [0, 0.1) is 0 Å². The van der Waals surface area contributed by atoms with Gasteiger partial charge in [0.1, 0.15) is 0 Å². The van der Waals surface area contributed by atoms with Gasteiger partial charge in [0, 0.05) is 12.6 Å². The summed E-state index contributed by atoms with van der Waals surface area (Å²) in [6.45, 7) is 3.26. The lowest BCUT2D eigenvalue weighted by atomic mass is 10.2. The molecule has 1 unspecified atom stereocenters. The topological polar surface area (TPSA) is 29.9 Å². The van der Waals surface area contributed by atoms with Gasteiger partial charge in [-0.1, -0.05) is 12.1 Å². The van der Waals surface area contributed by atoms with Crippen molar-refractivity contribution >= 4 is 11.0 Å². The highest BCUT2D eigenvalue weighted by atomic mass is 15.0. The number of rotatable bonds is 5. The first-order valence-corrected chi connectivity index (χ1v) is 5.88. The second-order valence-electron chi connectivity index (χ2n) is 4.26. The molecule has 2 rings (SSSR count). The third-order valence-electron chi connectivity index (χ3n) is 3.06. The van der Waals surface area contributed by atoms with Crippen LogP contribution in [0.5, 0.6) is 0 Å². The highest BCUT2D eigenvalue weighted by Crippen LogP contribution is 2.12. The zero-order valence-electron chi connectivity index (χ0n) is 9.98. The zero-order chi connectivity index (χ0) is 11.4. The van der Waals surface area contributed by atoms with Gasteiger partial charge in [-0.2, -0.15) is 0 Å². The van der Waals surface area contributed by atoms with E-state index in [-0.39, 0.29) is 0 Å². The van der Waals surface area contributed by atoms with Crippen molar-refractivity contribution in [2.24, 2.45) is 0 Å². The van der Waals surface area contributed by atoms with Gasteiger partial charge in [-0.05, 0) is 38.9 Å². The predicted octanol–water partition coefficient (Wildman–Crippen LogP) is 2.42. The van der Waals surface area contributed by atoms with E-state index in [1.165, 1.54) is 18.4 Å². The van der Waals surface area contributed by atoms with Crippen LogP contribution in [0.25, 0.3) is 11.0 Å². The van der Waals surface area contributed by atoms with Gasteiger partial charge < -0.3 is 9.88 Å². The molecule has 0 radical (unpaired) electrons. The minimum Gasteiger partial charge on any atom is -0.331 e. The van der Waals surface area contributed by atoms with Crippen LogP contribution >= 0.6 is 0 Å². The Balaban J connectivity index is 1.99. The largest absolute Gasteiger partial charge is 0.331 e. The van der Waals surface area contributed by atoms with Crippen molar-refractivity contribution in [3.8, 4) is 0 Å². The molecule has 1 N–H and O–H groups in total. The summed E-state index contributed by atoms with van der Waals surface area (Å²) >= 11 is 0. The molecule has 0 aliphatic carbocycles. The Morgan fingerprint density at radius 1 is 1.38 bits per heavy atom. The van der Waals surface area contributed by atoms with Crippen molar-refractivity contribution in [2.45, 2.75) is 32.4 Å².